The van der Waals surface area contributed by atoms with Gasteiger partial charge in [-0.1, -0.05) is 43.3 Å². The first kappa shape index (κ1) is 13.6. The molecule has 100 valence electrons. The fourth-order valence-electron chi connectivity index (χ4n) is 1.94. The summed E-state index contributed by atoms with van der Waals surface area (Å²) in [5.74, 6) is 0.274. The summed E-state index contributed by atoms with van der Waals surface area (Å²) in [5.41, 5.74) is 1.17. The molecule has 1 atom stereocenters. The van der Waals surface area contributed by atoms with Gasteiger partial charge in [-0.15, -0.1) is 0 Å². The van der Waals surface area contributed by atoms with Crippen LogP contribution in [0.5, 0.6) is 5.75 Å². The second-order valence-corrected chi connectivity index (χ2v) is 4.29. The van der Waals surface area contributed by atoms with Gasteiger partial charge in [-0.3, -0.25) is 0 Å². The van der Waals surface area contributed by atoms with Crippen molar-refractivity contribution in [2.45, 2.75) is 13.0 Å². The minimum absolute atomic E-state index is 0.106. The van der Waals surface area contributed by atoms with Gasteiger partial charge in [-0.05, 0) is 24.2 Å². The maximum atomic E-state index is 13.1. The highest BCUT2D eigenvalue weighted by atomic mass is 19.1. The van der Waals surface area contributed by atoms with Crippen molar-refractivity contribution < 1.29 is 9.13 Å². The van der Waals surface area contributed by atoms with Gasteiger partial charge >= 0.3 is 0 Å². The van der Waals surface area contributed by atoms with Crippen LogP contribution in [0.3, 0.4) is 0 Å². The van der Waals surface area contributed by atoms with Crippen molar-refractivity contribution >= 4 is 0 Å². The molecule has 0 heterocycles. The second kappa shape index (κ2) is 6.90. The van der Waals surface area contributed by atoms with Gasteiger partial charge in [-0.2, -0.15) is 0 Å². The predicted molar refractivity (Wildman–Crippen MR) is 74.8 cm³/mol. The summed E-state index contributed by atoms with van der Waals surface area (Å²) in [6, 6.07) is 16.4. The first-order valence-electron chi connectivity index (χ1n) is 6.46. The minimum atomic E-state index is -0.280. The molecule has 0 radical (unpaired) electrons. The maximum Gasteiger partial charge on any atom is 0.126 e. The van der Waals surface area contributed by atoms with E-state index in [1.54, 1.807) is 12.1 Å². The lowest BCUT2D eigenvalue weighted by Crippen LogP contribution is -2.26. The zero-order chi connectivity index (χ0) is 13.5. The Morgan fingerprint density at radius 2 is 1.89 bits per heavy atom. The standard InChI is InChI=1S/C16H18FNO/c1-2-18-16(13-7-4-3-5-8-13)12-19-15-10-6-9-14(17)11-15/h3-11,16,18H,2,12H2,1H3. The largest absolute Gasteiger partial charge is 0.492 e. The van der Waals surface area contributed by atoms with E-state index in [2.05, 4.69) is 24.4 Å². The van der Waals surface area contributed by atoms with E-state index >= 15 is 0 Å². The zero-order valence-corrected chi connectivity index (χ0v) is 11.0. The first-order valence-corrected chi connectivity index (χ1v) is 6.46. The van der Waals surface area contributed by atoms with Gasteiger partial charge in [0.2, 0.25) is 0 Å². The Hall–Kier alpha value is -1.87. The second-order valence-electron chi connectivity index (χ2n) is 4.29. The Morgan fingerprint density at radius 3 is 2.58 bits per heavy atom. The van der Waals surface area contributed by atoms with Gasteiger partial charge in [0.05, 0.1) is 6.04 Å². The summed E-state index contributed by atoms with van der Waals surface area (Å²) in [5, 5.41) is 3.37. The molecule has 1 unspecified atom stereocenters. The lowest BCUT2D eigenvalue weighted by Gasteiger charge is -2.19. The molecule has 0 saturated heterocycles. The van der Waals surface area contributed by atoms with E-state index in [9.17, 15) is 4.39 Å². The third-order valence-electron chi connectivity index (χ3n) is 2.87. The Balaban J connectivity index is 2.01. The molecule has 2 aromatic rings. The molecule has 0 fully saturated rings. The van der Waals surface area contributed by atoms with E-state index in [1.165, 1.54) is 17.7 Å². The Kier molecular flexibility index (Phi) is 4.93. The van der Waals surface area contributed by atoms with Crippen molar-refractivity contribution in [2.24, 2.45) is 0 Å². The molecule has 19 heavy (non-hydrogen) atoms. The monoisotopic (exact) mass is 259 g/mol. The Morgan fingerprint density at radius 1 is 1.11 bits per heavy atom. The van der Waals surface area contributed by atoms with Gasteiger partial charge in [0.25, 0.3) is 0 Å². The molecule has 2 rings (SSSR count). The van der Waals surface area contributed by atoms with Crippen molar-refractivity contribution in [1.29, 1.82) is 0 Å². The first-order chi connectivity index (χ1) is 9.29. The lowest BCUT2D eigenvalue weighted by atomic mass is 10.1. The molecule has 1 N–H and O–H groups in total. The highest BCUT2D eigenvalue weighted by Crippen LogP contribution is 2.17. The minimum Gasteiger partial charge on any atom is -0.492 e. The number of hydrogen-bond donors (Lipinski definition) is 1. The molecule has 0 aliphatic rings. The number of hydrogen-bond acceptors (Lipinski definition) is 2. The van der Waals surface area contributed by atoms with Crippen LogP contribution >= 0.6 is 0 Å². The van der Waals surface area contributed by atoms with Gasteiger partial charge in [-0.25, -0.2) is 4.39 Å². The lowest BCUT2D eigenvalue weighted by molar-refractivity contribution is 0.267. The van der Waals surface area contributed by atoms with Crippen LogP contribution in [-0.2, 0) is 0 Å². The van der Waals surface area contributed by atoms with Crippen molar-refractivity contribution in [3.63, 3.8) is 0 Å². The quantitative estimate of drug-likeness (QED) is 0.856. The van der Waals surface area contributed by atoms with Crippen LogP contribution < -0.4 is 10.1 Å². The van der Waals surface area contributed by atoms with Crippen molar-refractivity contribution in [2.75, 3.05) is 13.2 Å². The predicted octanol–water partition coefficient (Wildman–Crippen LogP) is 3.56. The summed E-state index contributed by atoms with van der Waals surface area (Å²) in [4.78, 5) is 0. The van der Waals surface area contributed by atoms with Crippen molar-refractivity contribution in [1.82, 2.24) is 5.32 Å². The summed E-state index contributed by atoms with van der Waals surface area (Å²) >= 11 is 0. The van der Waals surface area contributed by atoms with Crippen molar-refractivity contribution in [3.8, 4) is 5.75 Å². The van der Waals surface area contributed by atoms with E-state index in [4.69, 9.17) is 4.74 Å². The van der Waals surface area contributed by atoms with E-state index < -0.39 is 0 Å². The Labute approximate surface area is 113 Å². The van der Waals surface area contributed by atoms with Crippen LogP contribution in [0.25, 0.3) is 0 Å². The smallest absolute Gasteiger partial charge is 0.126 e. The van der Waals surface area contributed by atoms with Gasteiger partial charge < -0.3 is 10.1 Å². The van der Waals surface area contributed by atoms with E-state index in [1.807, 2.05) is 18.2 Å². The van der Waals surface area contributed by atoms with E-state index in [-0.39, 0.29) is 11.9 Å². The fraction of sp³-hybridized carbons (Fsp3) is 0.250. The van der Waals surface area contributed by atoms with E-state index in [0.717, 1.165) is 6.54 Å². The van der Waals surface area contributed by atoms with E-state index in [0.29, 0.717) is 12.4 Å². The molecule has 0 spiro atoms. The summed E-state index contributed by atoms with van der Waals surface area (Å²) in [7, 11) is 0. The van der Waals surface area contributed by atoms with Gasteiger partial charge in [0, 0.05) is 6.07 Å². The topological polar surface area (TPSA) is 21.3 Å². The van der Waals surface area contributed by atoms with Crippen molar-refractivity contribution in [3.05, 3.63) is 66.0 Å². The number of likely N-dealkylation sites (N-methyl/N-ethyl adjacent to an activating group) is 1. The average Bonchev–Trinajstić information content (AvgIpc) is 2.44. The number of benzene rings is 2. The molecule has 0 saturated carbocycles. The number of ether oxygens (including phenoxy) is 1. The Bertz CT molecular complexity index is 501. The van der Waals surface area contributed by atoms with Crippen LogP contribution in [0, 0.1) is 5.82 Å². The highest BCUT2D eigenvalue weighted by molar-refractivity contribution is 5.23. The maximum absolute atomic E-state index is 13.1. The van der Waals surface area contributed by atoms with Gasteiger partial charge in [0.15, 0.2) is 0 Å². The molecular weight excluding hydrogens is 241 g/mol. The molecule has 0 aromatic heterocycles. The van der Waals surface area contributed by atoms with Crippen LogP contribution in [0.15, 0.2) is 54.6 Å². The third kappa shape index (κ3) is 4.07. The number of nitrogens with one attached hydrogen (secondary N) is 1. The van der Waals surface area contributed by atoms with Gasteiger partial charge in [0.1, 0.15) is 18.2 Å². The molecule has 0 aliphatic carbocycles. The van der Waals surface area contributed by atoms with Crippen LogP contribution in [0.2, 0.25) is 0 Å². The average molecular weight is 259 g/mol. The third-order valence-corrected chi connectivity index (χ3v) is 2.87. The van der Waals surface area contributed by atoms with Crippen LogP contribution in [0.1, 0.15) is 18.5 Å². The fourth-order valence-corrected chi connectivity index (χ4v) is 1.94. The van der Waals surface area contributed by atoms with Crippen LogP contribution in [0.4, 0.5) is 4.39 Å². The molecule has 3 heteroatoms. The zero-order valence-electron chi connectivity index (χ0n) is 11.0. The molecule has 2 nitrogen and oxygen atoms in total. The summed E-state index contributed by atoms with van der Waals surface area (Å²) in [6.45, 7) is 3.38. The molecule has 0 aliphatic heterocycles. The molecule has 2 aromatic carbocycles. The number of rotatable bonds is 6. The molecule has 0 amide bonds. The summed E-state index contributed by atoms with van der Waals surface area (Å²) < 4.78 is 18.7. The SMILES string of the molecule is CCNC(COc1cccc(F)c1)c1ccccc1. The van der Waals surface area contributed by atoms with Crippen LogP contribution in [-0.4, -0.2) is 13.2 Å². The molecular formula is C16H18FNO. The molecule has 0 bridgehead atoms. The summed E-state index contributed by atoms with van der Waals surface area (Å²) in [6.07, 6.45) is 0. The number of halogens is 1. The highest BCUT2D eigenvalue weighted by Gasteiger charge is 2.10. The normalized spacial score (nSPS) is 12.1.